The molecule has 0 atom stereocenters. The van der Waals surface area contributed by atoms with Gasteiger partial charge >= 0.3 is 0 Å². The molecular weight excluding hydrogens is 289 g/mol. The van der Waals surface area contributed by atoms with Gasteiger partial charge in [0.15, 0.2) is 5.82 Å². The Hall–Kier alpha value is -1.40. The van der Waals surface area contributed by atoms with Gasteiger partial charge in [-0.3, -0.25) is 0 Å². The van der Waals surface area contributed by atoms with Crippen LogP contribution in [0, 0.1) is 5.82 Å². The Morgan fingerprint density at radius 3 is 2.76 bits per heavy atom. The molecular formula is C15H18FN3OS. The van der Waals surface area contributed by atoms with Crippen LogP contribution in [-0.2, 0) is 12.3 Å². The first kappa shape index (κ1) is 14.5. The molecule has 0 spiro atoms. The largest absolute Gasteiger partial charge is 0.338 e. The highest BCUT2D eigenvalue weighted by Gasteiger charge is 2.15. The van der Waals surface area contributed by atoms with Crippen molar-refractivity contribution < 1.29 is 8.91 Å². The summed E-state index contributed by atoms with van der Waals surface area (Å²) in [7, 11) is 0. The Labute approximate surface area is 127 Å². The van der Waals surface area contributed by atoms with Gasteiger partial charge in [-0.15, -0.1) is 11.8 Å². The normalized spacial score (nSPS) is 15.7. The van der Waals surface area contributed by atoms with E-state index in [2.05, 4.69) is 15.5 Å². The predicted molar refractivity (Wildman–Crippen MR) is 79.4 cm³/mol. The molecule has 1 aliphatic carbocycles. The average Bonchev–Trinajstić information content (AvgIpc) is 3.16. The van der Waals surface area contributed by atoms with E-state index in [4.69, 9.17) is 4.52 Å². The summed E-state index contributed by atoms with van der Waals surface area (Å²) >= 11 is 1.57. The molecule has 2 aromatic rings. The number of aromatic nitrogens is 2. The van der Waals surface area contributed by atoms with Crippen molar-refractivity contribution in [3.8, 4) is 0 Å². The van der Waals surface area contributed by atoms with Gasteiger partial charge in [-0.2, -0.15) is 4.98 Å². The highest BCUT2D eigenvalue weighted by atomic mass is 32.2. The van der Waals surface area contributed by atoms with Crippen LogP contribution >= 0.6 is 11.8 Å². The van der Waals surface area contributed by atoms with Crippen LogP contribution in [0.3, 0.4) is 0 Å². The van der Waals surface area contributed by atoms with Gasteiger partial charge in [-0.25, -0.2) is 4.39 Å². The summed E-state index contributed by atoms with van der Waals surface area (Å²) in [6.45, 7) is 0.638. The van der Waals surface area contributed by atoms with Gasteiger partial charge < -0.3 is 9.84 Å². The number of nitrogens with one attached hydrogen (secondary N) is 1. The molecule has 1 aromatic heterocycles. The fourth-order valence-electron chi connectivity index (χ4n) is 2.46. The monoisotopic (exact) mass is 307 g/mol. The van der Waals surface area contributed by atoms with Gasteiger partial charge in [0.25, 0.3) is 0 Å². The molecule has 0 unspecified atom stereocenters. The van der Waals surface area contributed by atoms with Gasteiger partial charge in [-0.05, 0) is 37.1 Å². The number of thioether (sulfide) groups is 1. The zero-order valence-electron chi connectivity index (χ0n) is 11.7. The first-order chi connectivity index (χ1) is 10.3. The fourth-order valence-corrected chi connectivity index (χ4v) is 3.20. The van der Waals surface area contributed by atoms with Gasteiger partial charge in [-0.1, -0.05) is 18.0 Å². The van der Waals surface area contributed by atoms with Crippen molar-refractivity contribution in [1.82, 2.24) is 15.5 Å². The molecule has 1 fully saturated rings. The molecule has 6 heteroatoms. The van der Waals surface area contributed by atoms with E-state index in [1.165, 1.54) is 37.8 Å². The van der Waals surface area contributed by atoms with Crippen LogP contribution in [0.4, 0.5) is 4.39 Å². The summed E-state index contributed by atoms with van der Waals surface area (Å²) in [5.74, 6) is 1.71. The fraction of sp³-hybridized carbons (Fsp3) is 0.467. The van der Waals surface area contributed by atoms with E-state index in [0.29, 0.717) is 30.1 Å². The van der Waals surface area contributed by atoms with Gasteiger partial charge in [0.1, 0.15) is 5.82 Å². The van der Waals surface area contributed by atoms with Crippen molar-refractivity contribution in [2.45, 2.75) is 48.9 Å². The maximum Gasteiger partial charge on any atom is 0.240 e. The Bertz CT molecular complexity index is 567. The number of nitrogens with zero attached hydrogens (tertiary/aromatic N) is 2. The highest BCUT2D eigenvalue weighted by Crippen LogP contribution is 2.22. The molecule has 112 valence electrons. The Balaban J connectivity index is 1.46. The van der Waals surface area contributed by atoms with Crippen molar-refractivity contribution in [3.63, 3.8) is 0 Å². The van der Waals surface area contributed by atoms with Crippen molar-refractivity contribution in [1.29, 1.82) is 0 Å². The van der Waals surface area contributed by atoms with E-state index in [1.807, 2.05) is 0 Å². The molecule has 1 aliphatic rings. The van der Waals surface area contributed by atoms with Crippen LogP contribution in [0.5, 0.6) is 0 Å². The number of hydrogen-bond donors (Lipinski definition) is 1. The van der Waals surface area contributed by atoms with Gasteiger partial charge in [0.05, 0.1) is 12.3 Å². The van der Waals surface area contributed by atoms with E-state index in [-0.39, 0.29) is 5.82 Å². The van der Waals surface area contributed by atoms with E-state index in [1.54, 1.807) is 23.9 Å². The van der Waals surface area contributed by atoms with Crippen molar-refractivity contribution in [2.75, 3.05) is 0 Å². The molecule has 0 bridgehead atoms. The minimum absolute atomic E-state index is 0.223. The second-order valence-corrected chi connectivity index (χ2v) is 6.26. The van der Waals surface area contributed by atoms with E-state index >= 15 is 0 Å². The highest BCUT2D eigenvalue weighted by molar-refractivity contribution is 7.98. The minimum atomic E-state index is -0.223. The molecule has 0 radical (unpaired) electrons. The Morgan fingerprint density at radius 1 is 1.24 bits per heavy atom. The Kier molecular flexibility index (Phi) is 4.87. The first-order valence-corrected chi connectivity index (χ1v) is 8.21. The molecule has 1 N–H and O–H groups in total. The van der Waals surface area contributed by atoms with Crippen molar-refractivity contribution in [2.24, 2.45) is 0 Å². The summed E-state index contributed by atoms with van der Waals surface area (Å²) < 4.78 is 18.0. The number of benzene rings is 1. The molecule has 4 nitrogen and oxygen atoms in total. The SMILES string of the molecule is Fc1ccc(SCc2noc(CNC3CCCC3)n2)cc1. The number of rotatable bonds is 6. The van der Waals surface area contributed by atoms with E-state index in [0.717, 1.165) is 4.90 Å². The van der Waals surface area contributed by atoms with E-state index in [9.17, 15) is 4.39 Å². The third kappa shape index (κ3) is 4.28. The summed E-state index contributed by atoms with van der Waals surface area (Å²) in [5, 5.41) is 7.42. The summed E-state index contributed by atoms with van der Waals surface area (Å²) in [6, 6.07) is 7.00. The molecule has 3 rings (SSSR count). The summed E-state index contributed by atoms with van der Waals surface area (Å²) in [6.07, 6.45) is 5.09. The van der Waals surface area contributed by atoms with Crippen LogP contribution in [-0.4, -0.2) is 16.2 Å². The summed E-state index contributed by atoms with van der Waals surface area (Å²) in [4.78, 5) is 5.36. The lowest BCUT2D eigenvalue weighted by Crippen LogP contribution is -2.25. The number of hydrogen-bond acceptors (Lipinski definition) is 5. The van der Waals surface area contributed by atoms with Crippen molar-refractivity contribution >= 4 is 11.8 Å². The van der Waals surface area contributed by atoms with Crippen LogP contribution in [0.15, 0.2) is 33.7 Å². The maximum atomic E-state index is 12.8. The lowest BCUT2D eigenvalue weighted by molar-refractivity contribution is 0.354. The molecule has 1 heterocycles. The smallest absolute Gasteiger partial charge is 0.240 e. The van der Waals surface area contributed by atoms with Crippen LogP contribution in [0.1, 0.15) is 37.4 Å². The lowest BCUT2D eigenvalue weighted by Gasteiger charge is -2.08. The lowest BCUT2D eigenvalue weighted by atomic mass is 10.2. The van der Waals surface area contributed by atoms with Crippen LogP contribution in [0.2, 0.25) is 0 Å². The molecule has 0 amide bonds. The quantitative estimate of drug-likeness (QED) is 0.827. The molecule has 1 saturated carbocycles. The first-order valence-electron chi connectivity index (χ1n) is 7.23. The summed E-state index contributed by atoms with van der Waals surface area (Å²) in [5.41, 5.74) is 0. The van der Waals surface area contributed by atoms with Gasteiger partial charge in [0.2, 0.25) is 5.89 Å². The molecule has 1 aromatic carbocycles. The number of halogens is 1. The topological polar surface area (TPSA) is 51.0 Å². The van der Waals surface area contributed by atoms with Crippen molar-refractivity contribution in [3.05, 3.63) is 41.8 Å². The third-order valence-corrected chi connectivity index (χ3v) is 4.60. The maximum absolute atomic E-state index is 12.8. The van der Waals surface area contributed by atoms with Crippen LogP contribution < -0.4 is 5.32 Å². The zero-order valence-corrected chi connectivity index (χ0v) is 12.5. The average molecular weight is 307 g/mol. The minimum Gasteiger partial charge on any atom is -0.338 e. The third-order valence-electron chi connectivity index (χ3n) is 3.59. The molecule has 21 heavy (non-hydrogen) atoms. The van der Waals surface area contributed by atoms with Gasteiger partial charge in [0, 0.05) is 10.9 Å². The predicted octanol–water partition coefficient (Wildman–Crippen LogP) is 3.53. The van der Waals surface area contributed by atoms with E-state index < -0.39 is 0 Å². The standard InChI is InChI=1S/C15H18FN3OS/c16-11-5-7-13(8-6-11)21-10-14-18-15(20-19-14)9-17-12-3-1-2-4-12/h5-8,12,17H,1-4,9-10H2. The second kappa shape index (κ2) is 7.04. The second-order valence-electron chi connectivity index (χ2n) is 5.21. The molecule has 0 saturated heterocycles. The van der Waals surface area contributed by atoms with Crippen LogP contribution in [0.25, 0.3) is 0 Å². The zero-order chi connectivity index (χ0) is 14.5. The molecule has 0 aliphatic heterocycles. The Morgan fingerprint density at radius 2 is 2.00 bits per heavy atom.